The van der Waals surface area contributed by atoms with Gasteiger partial charge in [-0.2, -0.15) is 0 Å². The van der Waals surface area contributed by atoms with Gasteiger partial charge >= 0.3 is 0 Å². The first kappa shape index (κ1) is 26.4. The molecule has 188 valence electrons. The van der Waals surface area contributed by atoms with Crippen LogP contribution < -0.4 is 14.9 Å². The summed E-state index contributed by atoms with van der Waals surface area (Å²) in [7, 11) is -0.594. The van der Waals surface area contributed by atoms with E-state index < -0.39 is 22.5 Å². The first-order valence-electron chi connectivity index (χ1n) is 11.1. The fourth-order valence-corrected chi connectivity index (χ4v) is 4.27. The van der Waals surface area contributed by atoms with Gasteiger partial charge in [0.25, 0.3) is 11.8 Å². The number of sulfonamides is 1. The number of para-hydroxylation sites is 1. The molecular formula is C26H28N4O5S. The van der Waals surface area contributed by atoms with Gasteiger partial charge in [-0.25, -0.2) is 8.42 Å². The van der Waals surface area contributed by atoms with E-state index in [1.165, 1.54) is 29.2 Å². The van der Waals surface area contributed by atoms with Gasteiger partial charge in [-0.15, -0.1) is 0 Å². The maximum absolute atomic E-state index is 12.9. The van der Waals surface area contributed by atoms with Crippen molar-refractivity contribution < 1.29 is 22.8 Å². The number of benzene rings is 3. The van der Waals surface area contributed by atoms with Crippen LogP contribution in [0.15, 0.2) is 78.9 Å². The summed E-state index contributed by atoms with van der Waals surface area (Å²) in [4.78, 5) is 39.1. The highest BCUT2D eigenvalue weighted by atomic mass is 32.2. The zero-order valence-corrected chi connectivity index (χ0v) is 21.1. The summed E-state index contributed by atoms with van der Waals surface area (Å²) < 4.78 is 25.8. The number of amides is 3. The number of carbonyl (C=O) groups excluding carboxylic acids is 3. The van der Waals surface area contributed by atoms with Gasteiger partial charge in [0.2, 0.25) is 15.9 Å². The maximum atomic E-state index is 12.9. The molecule has 0 heterocycles. The Hall–Kier alpha value is -4.18. The van der Waals surface area contributed by atoms with Crippen molar-refractivity contribution >= 4 is 39.1 Å². The molecule has 0 atom stereocenters. The van der Waals surface area contributed by atoms with E-state index in [1.54, 1.807) is 38.4 Å². The Morgan fingerprint density at radius 2 is 1.44 bits per heavy atom. The summed E-state index contributed by atoms with van der Waals surface area (Å²) >= 11 is 0. The standard InChI is InChI=1S/C26H28N4O5S/c1-29(2)26(33)20-13-15-21(16-14-20)30(36(3,34)35)18-24(31)28-23-12-8-7-11-22(23)25(32)27-17-19-9-5-4-6-10-19/h4-16H,17-18H2,1-3H3,(H,27,32)(H,28,31). The van der Waals surface area contributed by atoms with Crippen molar-refractivity contribution in [2.24, 2.45) is 0 Å². The highest BCUT2D eigenvalue weighted by Crippen LogP contribution is 2.20. The van der Waals surface area contributed by atoms with Crippen LogP contribution in [0.1, 0.15) is 26.3 Å². The summed E-state index contributed by atoms with van der Waals surface area (Å²) in [6, 6.07) is 21.8. The molecule has 0 unspecified atom stereocenters. The molecule has 3 amide bonds. The molecule has 0 spiro atoms. The van der Waals surface area contributed by atoms with Crippen molar-refractivity contribution in [2.75, 3.05) is 36.5 Å². The smallest absolute Gasteiger partial charge is 0.253 e. The van der Waals surface area contributed by atoms with Crippen molar-refractivity contribution in [1.29, 1.82) is 0 Å². The predicted octanol–water partition coefficient (Wildman–Crippen LogP) is 2.72. The third-order valence-corrected chi connectivity index (χ3v) is 6.38. The number of rotatable bonds is 9. The van der Waals surface area contributed by atoms with Crippen LogP contribution in [0.25, 0.3) is 0 Å². The Bertz CT molecular complexity index is 1340. The molecule has 9 nitrogen and oxygen atoms in total. The lowest BCUT2D eigenvalue weighted by Gasteiger charge is -2.22. The van der Waals surface area contributed by atoms with Gasteiger partial charge in [0.05, 0.1) is 23.2 Å². The molecule has 2 N–H and O–H groups in total. The molecule has 3 aromatic carbocycles. The Kier molecular flexibility index (Phi) is 8.44. The molecule has 0 aliphatic carbocycles. The van der Waals surface area contributed by atoms with E-state index in [-0.39, 0.29) is 28.8 Å². The Morgan fingerprint density at radius 3 is 2.06 bits per heavy atom. The minimum atomic E-state index is -3.82. The van der Waals surface area contributed by atoms with Crippen molar-refractivity contribution in [3.8, 4) is 0 Å². The molecule has 3 aromatic rings. The quantitative estimate of drug-likeness (QED) is 0.461. The Morgan fingerprint density at radius 1 is 0.833 bits per heavy atom. The molecule has 0 aliphatic heterocycles. The average molecular weight is 509 g/mol. The number of carbonyl (C=O) groups is 3. The molecule has 0 saturated carbocycles. The molecule has 0 aromatic heterocycles. The summed E-state index contributed by atoms with van der Waals surface area (Å²) in [5.74, 6) is -1.24. The number of anilines is 2. The van der Waals surface area contributed by atoms with Gasteiger partial charge < -0.3 is 15.5 Å². The third-order valence-electron chi connectivity index (χ3n) is 5.24. The van der Waals surface area contributed by atoms with Crippen LogP contribution in [0.4, 0.5) is 11.4 Å². The van der Waals surface area contributed by atoms with Gasteiger partial charge in [0.1, 0.15) is 6.54 Å². The highest BCUT2D eigenvalue weighted by molar-refractivity contribution is 7.92. The second kappa shape index (κ2) is 11.5. The molecular weight excluding hydrogens is 480 g/mol. The van der Waals surface area contributed by atoms with Crippen LogP contribution in [0.5, 0.6) is 0 Å². The predicted molar refractivity (Wildman–Crippen MR) is 139 cm³/mol. The van der Waals surface area contributed by atoms with Crippen molar-refractivity contribution in [2.45, 2.75) is 6.54 Å². The second-order valence-corrected chi connectivity index (χ2v) is 10.2. The first-order valence-corrected chi connectivity index (χ1v) is 12.9. The van der Waals surface area contributed by atoms with Crippen LogP contribution in [-0.2, 0) is 21.4 Å². The minimum Gasteiger partial charge on any atom is -0.348 e. The van der Waals surface area contributed by atoms with E-state index in [4.69, 9.17) is 0 Å². The topological polar surface area (TPSA) is 116 Å². The summed E-state index contributed by atoms with van der Waals surface area (Å²) in [6.45, 7) is -0.199. The van der Waals surface area contributed by atoms with Crippen molar-refractivity contribution in [1.82, 2.24) is 10.2 Å². The fraction of sp³-hybridized carbons (Fsp3) is 0.192. The zero-order chi connectivity index (χ0) is 26.3. The highest BCUT2D eigenvalue weighted by Gasteiger charge is 2.22. The number of nitrogens with zero attached hydrogens (tertiary/aromatic N) is 2. The average Bonchev–Trinajstić information content (AvgIpc) is 2.86. The molecule has 0 aliphatic rings. The lowest BCUT2D eigenvalue weighted by atomic mass is 10.1. The van der Waals surface area contributed by atoms with Crippen LogP contribution in [-0.4, -0.2) is 57.9 Å². The molecule has 3 rings (SSSR count). The van der Waals surface area contributed by atoms with Gasteiger partial charge in [-0.1, -0.05) is 42.5 Å². The molecule has 10 heteroatoms. The van der Waals surface area contributed by atoms with E-state index in [2.05, 4.69) is 10.6 Å². The van der Waals surface area contributed by atoms with E-state index in [0.717, 1.165) is 16.1 Å². The number of nitrogens with one attached hydrogen (secondary N) is 2. The Balaban J connectivity index is 1.74. The van der Waals surface area contributed by atoms with Gasteiger partial charge in [-0.3, -0.25) is 18.7 Å². The van der Waals surface area contributed by atoms with Crippen molar-refractivity contribution in [3.05, 3.63) is 95.6 Å². The van der Waals surface area contributed by atoms with Gasteiger partial charge in [0.15, 0.2) is 0 Å². The van der Waals surface area contributed by atoms with Crippen LogP contribution in [0.2, 0.25) is 0 Å². The fourth-order valence-electron chi connectivity index (χ4n) is 3.41. The third kappa shape index (κ3) is 6.92. The van der Waals surface area contributed by atoms with E-state index in [9.17, 15) is 22.8 Å². The molecule has 0 radical (unpaired) electrons. The van der Waals surface area contributed by atoms with Crippen LogP contribution in [0, 0.1) is 0 Å². The van der Waals surface area contributed by atoms with E-state index >= 15 is 0 Å². The maximum Gasteiger partial charge on any atom is 0.253 e. The van der Waals surface area contributed by atoms with Crippen LogP contribution in [0.3, 0.4) is 0 Å². The van der Waals surface area contributed by atoms with Gasteiger partial charge in [-0.05, 0) is 42.0 Å². The lowest BCUT2D eigenvalue weighted by Crippen LogP contribution is -2.37. The Labute approximate surface area is 210 Å². The summed E-state index contributed by atoms with van der Waals surface area (Å²) in [6.07, 6.45) is 0.990. The molecule has 36 heavy (non-hydrogen) atoms. The second-order valence-electron chi connectivity index (χ2n) is 8.28. The van der Waals surface area contributed by atoms with E-state index in [1.807, 2.05) is 30.3 Å². The zero-order valence-electron chi connectivity index (χ0n) is 20.3. The minimum absolute atomic E-state index is 0.229. The molecule has 0 saturated heterocycles. The van der Waals surface area contributed by atoms with Gasteiger partial charge in [0, 0.05) is 26.2 Å². The molecule has 0 fully saturated rings. The molecule has 0 bridgehead atoms. The van der Waals surface area contributed by atoms with Crippen molar-refractivity contribution in [3.63, 3.8) is 0 Å². The van der Waals surface area contributed by atoms with E-state index in [0.29, 0.717) is 12.1 Å². The largest absolute Gasteiger partial charge is 0.348 e. The summed E-state index contributed by atoms with van der Waals surface area (Å²) in [5, 5.41) is 5.45. The lowest BCUT2D eigenvalue weighted by molar-refractivity contribution is -0.114. The normalized spacial score (nSPS) is 10.9. The first-order chi connectivity index (χ1) is 17.1. The SMILES string of the molecule is CN(C)C(=O)c1ccc(N(CC(=O)Nc2ccccc2C(=O)NCc2ccccc2)S(C)(=O)=O)cc1. The number of hydrogen-bond donors (Lipinski definition) is 2. The number of hydrogen-bond acceptors (Lipinski definition) is 5. The van der Waals surface area contributed by atoms with Crippen LogP contribution >= 0.6 is 0 Å². The summed E-state index contributed by atoms with van der Waals surface area (Å²) in [5.41, 5.74) is 2.05. The monoisotopic (exact) mass is 508 g/mol.